The molecule has 0 aliphatic heterocycles. The first-order valence-electron chi connectivity index (χ1n) is 15.9. The Morgan fingerprint density at radius 1 is 0.370 bits per heavy atom. The predicted octanol–water partition coefficient (Wildman–Crippen LogP) is 5.33. The smallest absolute Gasteiger partial charge is 0.242 e. The van der Waals surface area contributed by atoms with Gasteiger partial charge in [-0.1, -0.05) is 24.3 Å². The van der Waals surface area contributed by atoms with Crippen LogP contribution in [0.25, 0.3) is 22.1 Å². The molecule has 4 nitrogen and oxygen atoms in total. The third-order valence-corrected chi connectivity index (χ3v) is 22.8. The first kappa shape index (κ1) is 43.9. The fraction of sp³-hybridized carbons (Fsp3) is 0.556. The maximum Gasteiger partial charge on any atom is 0.242 e. The SMILES string of the molecule is C[PH+](c1nc2ccccc2nc1[PH+](C)C(C)(C)C)C(C)(C)C.C[PH+](c1nc2ccccc2nc1[PH+](C)C(C)(C)C)C(C)(C)C.[Au].[Cl-]. The van der Waals surface area contributed by atoms with Crippen molar-refractivity contribution in [1.29, 1.82) is 0 Å². The Balaban J connectivity index is 0.000000441. The van der Waals surface area contributed by atoms with Crippen molar-refractivity contribution < 1.29 is 34.8 Å². The number of nitrogens with zero attached hydrogens (tertiary/aromatic N) is 4. The number of hydrogen-bond donors (Lipinski definition) is 0. The molecule has 4 atom stereocenters. The van der Waals surface area contributed by atoms with Crippen LogP contribution in [0.15, 0.2) is 48.5 Å². The Labute approximate surface area is 307 Å². The molecule has 0 amide bonds. The fourth-order valence-electron chi connectivity index (χ4n) is 4.47. The second kappa shape index (κ2) is 16.7. The van der Waals surface area contributed by atoms with E-state index in [2.05, 4.69) is 158 Å². The number of para-hydroxylation sites is 4. The Morgan fingerprint density at radius 2 is 0.522 bits per heavy atom. The average Bonchev–Trinajstić information content (AvgIpc) is 2.92. The van der Waals surface area contributed by atoms with Crippen molar-refractivity contribution in [2.45, 2.75) is 104 Å². The summed E-state index contributed by atoms with van der Waals surface area (Å²) in [5.74, 6) is 0. The predicted molar refractivity (Wildman–Crippen MR) is 214 cm³/mol. The second-order valence-corrected chi connectivity index (χ2v) is 29.2. The van der Waals surface area contributed by atoms with Gasteiger partial charge in [-0.2, -0.15) is 0 Å². The van der Waals surface area contributed by atoms with Crippen LogP contribution in [-0.2, 0) is 22.4 Å². The van der Waals surface area contributed by atoms with Crippen LogP contribution in [0, 0.1) is 0 Å². The topological polar surface area (TPSA) is 51.6 Å². The molecule has 46 heavy (non-hydrogen) atoms. The molecule has 4 aromatic rings. The normalized spacial score (nSPS) is 15.1. The van der Waals surface area contributed by atoms with Crippen LogP contribution in [0.1, 0.15) is 83.1 Å². The van der Waals surface area contributed by atoms with Gasteiger partial charge in [-0.3, -0.25) is 0 Å². The van der Waals surface area contributed by atoms with Gasteiger partial charge in [0.05, 0.1) is 101 Å². The Kier molecular flexibility index (Phi) is 16.0. The Hall–Kier alpha value is -0.130. The van der Waals surface area contributed by atoms with E-state index in [0.29, 0.717) is 0 Å². The molecule has 2 aromatic carbocycles. The first-order chi connectivity index (χ1) is 20.0. The van der Waals surface area contributed by atoms with Gasteiger partial charge in [0.1, 0.15) is 0 Å². The largest absolute Gasteiger partial charge is 1.00 e. The Bertz CT molecular complexity index is 1350. The van der Waals surface area contributed by atoms with Gasteiger partial charge in [0.15, 0.2) is 0 Å². The van der Waals surface area contributed by atoms with Gasteiger partial charge in [-0.25, -0.2) is 19.9 Å². The van der Waals surface area contributed by atoms with Gasteiger partial charge in [0.25, 0.3) is 0 Å². The molecule has 0 fully saturated rings. The maximum atomic E-state index is 5.08. The summed E-state index contributed by atoms with van der Waals surface area (Å²) in [6.45, 7) is 37.6. The summed E-state index contributed by atoms with van der Waals surface area (Å²) in [6.07, 6.45) is 0. The minimum Gasteiger partial charge on any atom is -1.00 e. The van der Waals surface area contributed by atoms with Crippen molar-refractivity contribution in [3.8, 4) is 0 Å². The van der Waals surface area contributed by atoms with Crippen molar-refractivity contribution in [1.82, 2.24) is 19.9 Å². The van der Waals surface area contributed by atoms with E-state index in [-0.39, 0.29) is 55.4 Å². The number of rotatable bonds is 4. The molecule has 0 bridgehead atoms. The molecule has 259 valence electrons. The minimum atomic E-state index is -0.755. The van der Waals surface area contributed by atoms with Gasteiger partial charge in [0.2, 0.25) is 21.7 Å². The molecule has 0 saturated heterocycles. The number of hydrogen-bond acceptors (Lipinski definition) is 4. The van der Waals surface area contributed by atoms with Crippen LogP contribution < -0.4 is 34.1 Å². The van der Waals surface area contributed by atoms with Gasteiger partial charge in [0, 0.05) is 22.4 Å². The van der Waals surface area contributed by atoms with Crippen molar-refractivity contribution >= 4 is 75.5 Å². The molecule has 10 heteroatoms. The van der Waals surface area contributed by atoms with Crippen LogP contribution >= 0.6 is 31.7 Å². The molecular weight excluding hydrogens is 845 g/mol. The first-order valence-corrected chi connectivity index (χ1v) is 23.9. The number of fused-ring (bicyclic) bond motifs is 2. The van der Waals surface area contributed by atoms with E-state index in [1.165, 1.54) is 21.7 Å². The molecule has 4 unspecified atom stereocenters. The molecular formula is C36H60AuClN4P4+3. The summed E-state index contributed by atoms with van der Waals surface area (Å²) in [5, 5.41) is 1.15. The third kappa shape index (κ3) is 10.9. The summed E-state index contributed by atoms with van der Waals surface area (Å²) >= 11 is 0. The monoisotopic (exact) mass is 904 g/mol. The van der Waals surface area contributed by atoms with E-state index in [1.54, 1.807) is 0 Å². The summed E-state index contributed by atoms with van der Waals surface area (Å²) < 4.78 is 0. The van der Waals surface area contributed by atoms with Crippen LogP contribution in [0.3, 0.4) is 0 Å². The molecule has 2 aromatic heterocycles. The van der Waals surface area contributed by atoms with Crippen LogP contribution in [0.2, 0.25) is 0 Å². The molecule has 0 aliphatic rings. The summed E-state index contributed by atoms with van der Waals surface area (Å²) in [4.78, 5) is 20.3. The Morgan fingerprint density at radius 3 is 0.652 bits per heavy atom. The zero-order chi connectivity index (χ0) is 33.4. The van der Waals surface area contributed by atoms with E-state index in [9.17, 15) is 0 Å². The molecule has 0 aliphatic carbocycles. The third-order valence-electron chi connectivity index (χ3n) is 9.06. The van der Waals surface area contributed by atoms with Gasteiger partial charge in [-0.05, 0) is 107 Å². The van der Waals surface area contributed by atoms with Crippen molar-refractivity contribution in [2.75, 3.05) is 26.7 Å². The summed E-state index contributed by atoms with van der Waals surface area (Å²) in [7, 11) is -3.02. The van der Waals surface area contributed by atoms with Crippen LogP contribution in [0.5, 0.6) is 0 Å². The van der Waals surface area contributed by atoms with Crippen molar-refractivity contribution in [3.05, 3.63) is 48.5 Å². The van der Waals surface area contributed by atoms with E-state index in [4.69, 9.17) is 19.9 Å². The molecule has 0 spiro atoms. The molecule has 4 rings (SSSR count). The zero-order valence-corrected chi connectivity index (χ0v) is 38.0. The maximum absolute atomic E-state index is 5.08. The van der Waals surface area contributed by atoms with Gasteiger partial charge >= 0.3 is 0 Å². The standard InChI is InChI=1S/2C18H28N2P2.Au.ClH/c2*1-17(2,3)21(7)15-16(22(8)18(4,5)6)20-14-12-10-9-11-13(14)19-15;;/h2*9-12H,1-8H3;;1H/p+3. The van der Waals surface area contributed by atoms with Crippen LogP contribution in [0.4, 0.5) is 0 Å². The molecule has 0 saturated carbocycles. The van der Waals surface area contributed by atoms with E-state index >= 15 is 0 Å². The summed E-state index contributed by atoms with van der Waals surface area (Å²) in [5.41, 5.74) is 9.39. The van der Waals surface area contributed by atoms with Gasteiger partial charge < -0.3 is 12.4 Å². The number of benzene rings is 2. The van der Waals surface area contributed by atoms with E-state index in [0.717, 1.165) is 22.1 Å². The number of halogens is 1. The van der Waals surface area contributed by atoms with Crippen molar-refractivity contribution in [2.24, 2.45) is 0 Å². The summed E-state index contributed by atoms with van der Waals surface area (Å²) in [6, 6.07) is 16.6. The molecule has 2 heterocycles. The molecule has 1 radical (unpaired) electrons. The zero-order valence-electron chi connectivity index (χ0n) is 31.1. The second-order valence-electron chi connectivity index (χ2n) is 16.3. The fourth-order valence-corrected chi connectivity index (χ4v) is 12.4. The van der Waals surface area contributed by atoms with E-state index < -0.39 is 31.7 Å². The quantitative estimate of drug-likeness (QED) is 0.206. The van der Waals surface area contributed by atoms with Crippen LogP contribution in [-0.4, -0.2) is 67.2 Å². The molecule has 0 N–H and O–H groups in total. The average molecular weight is 905 g/mol. The van der Waals surface area contributed by atoms with E-state index in [1.807, 2.05) is 0 Å². The van der Waals surface area contributed by atoms with Crippen molar-refractivity contribution in [3.63, 3.8) is 0 Å². The van der Waals surface area contributed by atoms with Gasteiger partial charge in [-0.15, -0.1) is 0 Å². The number of aromatic nitrogens is 4. The minimum absolute atomic E-state index is 0.